The van der Waals surface area contributed by atoms with E-state index in [1.807, 2.05) is 0 Å². The van der Waals surface area contributed by atoms with Crippen LogP contribution in [0.15, 0.2) is 0 Å². The maximum atomic E-state index is 3.62. The minimum atomic E-state index is 1.41. The Hall–Kier alpha value is 0.480. The Morgan fingerprint density at radius 2 is 1.33 bits per heavy atom. The predicted octanol–water partition coefficient (Wildman–Crippen LogP) is 1.85. The highest BCUT2D eigenvalue weighted by molar-refractivity contribution is 8.05. The van der Waals surface area contributed by atoms with E-state index < -0.39 is 0 Å². The quantitative estimate of drug-likeness (QED) is 0.536. The third-order valence-electron chi connectivity index (χ3n) is 0.189. The van der Waals surface area contributed by atoms with Crippen molar-refractivity contribution in [2.75, 3.05) is 0 Å². The van der Waals surface area contributed by atoms with E-state index in [1.165, 1.54) is 21.1 Å². The van der Waals surface area contributed by atoms with E-state index in [1.54, 1.807) is 18.7 Å². The Labute approximate surface area is 48.9 Å². The molecule has 0 fully saturated rings. The van der Waals surface area contributed by atoms with Gasteiger partial charge in [0.25, 0.3) is 0 Å². The maximum Gasteiger partial charge on any atom is 0.0567 e. The van der Waals surface area contributed by atoms with Crippen LogP contribution in [0.3, 0.4) is 0 Å². The molecule has 34 valence electrons. The lowest BCUT2D eigenvalue weighted by molar-refractivity contribution is 1.26. The van der Waals surface area contributed by atoms with Crippen LogP contribution in [0.25, 0.3) is 0 Å². The van der Waals surface area contributed by atoms with E-state index in [9.17, 15) is 0 Å². The molecule has 6 heavy (non-hydrogen) atoms. The largest absolute Gasteiger partial charge is 0.0670 e. The van der Waals surface area contributed by atoms with Crippen LogP contribution in [-0.4, -0.2) is 8.98 Å². The van der Waals surface area contributed by atoms with Crippen molar-refractivity contribution in [1.82, 2.24) is 8.98 Å². The van der Waals surface area contributed by atoms with Gasteiger partial charge in [0, 0.05) is 18.7 Å². The molecule has 2 nitrogen and oxygen atoms in total. The van der Waals surface area contributed by atoms with Crippen LogP contribution < -0.4 is 0 Å². The van der Waals surface area contributed by atoms with Crippen molar-refractivity contribution >= 4 is 39.8 Å². The van der Waals surface area contributed by atoms with Gasteiger partial charge in [-0.2, -0.15) is 0 Å². The first-order valence-corrected chi connectivity index (χ1v) is 5.80. The predicted molar refractivity (Wildman–Crippen MR) is 31.2 cm³/mol. The van der Waals surface area contributed by atoms with Crippen molar-refractivity contribution in [3.63, 3.8) is 0 Å². The van der Waals surface area contributed by atoms with Gasteiger partial charge in [0.1, 0.15) is 0 Å². The second kappa shape index (κ2) is 2.62. The molecule has 1 aromatic heterocycles. The van der Waals surface area contributed by atoms with Crippen LogP contribution in [0.1, 0.15) is 0 Å². The summed E-state index contributed by atoms with van der Waals surface area (Å²) in [6.07, 6.45) is 0. The van der Waals surface area contributed by atoms with Gasteiger partial charge >= 0.3 is 0 Å². The van der Waals surface area contributed by atoms with Crippen molar-refractivity contribution < 1.29 is 0 Å². The minimum absolute atomic E-state index is 1.41. The smallest absolute Gasteiger partial charge is 0.0567 e. The summed E-state index contributed by atoms with van der Waals surface area (Å²) in [5, 5.41) is 0. The molecule has 1 heterocycles. The third kappa shape index (κ3) is 1.29. The molecule has 0 bridgehead atoms. The molecule has 0 aliphatic carbocycles. The molecule has 1 rings (SSSR count). The normalized spacial score (nSPS) is 8.00. The summed E-state index contributed by atoms with van der Waals surface area (Å²) in [5.41, 5.74) is 0. The Morgan fingerprint density at radius 1 is 0.833 bits per heavy atom. The molecule has 0 atom stereocenters. The molecule has 0 unspecified atom stereocenters. The molecule has 0 aliphatic heterocycles. The first-order chi connectivity index (χ1) is 3.00. The SMILES string of the molecule is n1nssss1. The summed E-state index contributed by atoms with van der Waals surface area (Å²) in [7, 11) is 6.09. The van der Waals surface area contributed by atoms with Gasteiger partial charge < -0.3 is 0 Å². The molecule has 0 saturated heterocycles. The van der Waals surface area contributed by atoms with Gasteiger partial charge in [-0.25, -0.2) is 0 Å². The second-order valence-electron chi connectivity index (χ2n) is 0.448. The first kappa shape index (κ1) is 4.63. The van der Waals surface area contributed by atoms with Crippen LogP contribution >= 0.6 is 39.8 Å². The molecule has 0 amide bonds. The van der Waals surface area contributed by atoms with Gasteiger partial charge in [0.05, 0.1) is 21.1 Å². The van der Waals surface area contributed by atoms with Gasteiger partial charge in [-0.15, -0.1) is 0 Å². The summed E-state index contributed by atoms with van der Waals surface area (Å²) in [4.78, 5) is 0. The molecule has 0 N–H and O–H groups in total. The zero-order valence-corrected chi connectivity index (χ0v) is 5.79. The summed E-state index contributed by atoms with van der Waals surface area (Å²) >= 11 is 0. The topological polar surface area (TPSA) is 25.8 Å². The number of rotatable bonds is 0. The summed E-state index contributed by atoms with van der Waals surface area (Å²) in [6, 6.07) is 0. The van der Waals surface area contributed by atoms with E-state index >= 15 is 0 Å². The van der Waals surface area contributed by atoms with Gasteiger partial charge in [0.15, 0.2) is 0 Å². The average Bonchev–Trinajstić information content (AvgIpc) is 1.72. The number of hydrogen-bond acceptors (Lipinski definition) is 6. The van der Waals surface area contributed by atoms with E-state index in [4.69, 9.17) is 0 Å². The third-order valence-corrected chi connectivity index (χ3v) is 4.79. The second-order valence-corrected chi connectivity index (χ2v) is 5.51. The Morgan fingerprint density at radius 3 is 1.50 bits per heavy atom. The van der Waals surface area contributed by atoms with E-state index in [0.29, 0.717) is 0 Å². The Kier molecular flexibility index (Phi) is 2.02. The molecule has 0 radical (unpaired) electrons. The van der Waals surface area contributed by atoms with Gasteiger partial charge in [-0.1, -0.05) is 8.98 Å². The van der Waals surface area contributed by atoms with E-state index in [2.05, 4.69) is 8.98 Å². The fraction of sp³-hybridized carbons (Fsp3) is 0. The van der Waals surface area contributed by atoms with Crippen LogP contribution in [0.2, 0.25) is 0 Å². The highest BCUT2D eigenvalue weighted by atomic mass is 33.4. The Bertz CT molecular complexity index is 77.5. The van der Waals surface area contributed by atoms with Crippen molar-refractivity contribution in [3.8, 4) is 0 Å². The molecular formula is N2S4. The molecule has 0 spiro atoms. The summed E-state index contributed by atoms with van der Waals surface area (Å²) in [6.45, 7) is 0. The zero-order valence-electron chi connectivity index (χ0n) is 2.53. The lowest BCUT2D eigenvalue weighted by Gasteiger charge is -1.63. The highest BCUT2D eigenvalue weighted by Crippen LogP contribution is 2.08. The van der Waals surface area contributed by atoms with E-state index in [-0.39, 0.29) is 0 Å². The van der Waals surface area contributed by atoms with E-state index in [0.717, 1.165) is 0 Å². The van der Waals surface area contributed by atoms with Crippen molar-refractivity contribution in [3.05, 3.63) is 0 Å². The first-order valence-electron chi connectivity index (χ1n) is 1.07. The Balaban J connectivity index is 3.00. The van der Waals surface area contributed by atoms with Crippen LogP contribution in [-0.2, 0) is 0 Å². The minimum Gasteiger partial charge on any atom is -0.0670 e. The van der Waals surface area contributed by atoms with Crippen LogP contribution in [0, 0.1) is 0 Å². The van der Waals surface area contributed by atoms with Gasteiger partial charge in [0.2, 0.25) is 0 Å². The zero-order chi connectivity index (χ0) is 4.24. The number of nitrogens with zero attached hydrogens (tertiary/aromatic N) is 2. The van der Waals surface area contributed by atoms with Crippen molar-refractivity contribution in [2.45, 2.75) is 0 Å². The van der Waals surface area contributed by atoms with Crippen LogP contribution in [0.5, 0.6) is 0 Å². The van der Waals surface area contributed by atoms with Crippen LogP contribution in [0.4, 0.5) is 0 Å². The molecule has 6 heteroatoms. The van der Waals surface area contributed by atoms with Gasteiger partial charge in [-0.05, 0) is 0 Å². The number of aromatic nitrogens is 2. The maximum absolute atomic E-state index is 3.62. The average molecular weight is 156 g/mol. The van der Waals surface area contributed by atoms with Gasteiger partial charge in [-0.3, -0.25) is 0 Å². The van der Waals surface area contributed by atoms with Crippen molar-refractivity contribution in [2.24, 2.45) is 0 Å². The molecule has 0 aliphatic rings. The fourth-order valence-corrected chi connectivity index (χ4v) is 3.48. The number of hydrogen-bond donors (Lipinski definition) is 0. The molecule has 1 aromatic rings. The summed E-state index contributed by atoms with van der Waals surface area (Å²) in [5.74, 6) is 0. The highest BCUT2D eigenvalue weighted by Gasteiger charge is 1.64. The monoisotopic (exact) mass is 156 g/mol. The molecule has 0 aromatic carbocycles. The lowest BCUT2D eigenvalue weighted by Crippen LogP contribution is -1.54. The lowest BCUT2D eigenvalue weighted by atomic mass is 13.2. The molecule has 0 saturated carbocycles. The fourth-order valence-electron chi connectivity index (χ4n) is 0.0793. The standard InChI is InChI=1S/N2S4/c1-2-4-6-5-3-1. The van der Waals surface area contributed by atoms with Crippen molar-refractivity contribution in [1.29, 1.82) is 0 Å². The summed E-state index contributed by atoms with van der Waals surface area (Å²) < 4.78 is 7.25. The molecular weight excluding hydrogens is 156 g/mol.